The number of amides is 2. The molecule has 0 bridgehead atoms. The van der Waals surface area contributed by atoms with E-state index in [1.165, 1.54) is 7.11 Å². The van der Waals surface area contributed by atoms with Crippen LogP contribution in [0.3, 0.4) is 0 Å². The molecule has 2 N–H and O–H groups in total. The summed E-state index contributed by atoms with van der Waals surface area (Å²) in [5.41, 5.74) is 0. The van der Waals surface area contributed by atoms with Gasteiger partial charge in [-0.3, -0.25) is 9.59 Å². The number of carbonyl (C=O) groups excluding carboxylic acids is 2. The molecule has 1 fully saturated rings. The molecule has 2 amide bonds. The molecule has 1 unspecified atom stereocenters. The van der Waals surface area contributed by atoms with Crippen molar-refractivity contribution >= 4 is 11.8 Å². The van der Waals surface area contributed by atoms with E-state index in [9.17, 15) is 9.59 Å². The second-order valence-electron chi connectivity index (χ2n) is 5.06. The van der Waals surface area contributed by atoms with Crippen molar-refractivity contribution in [3.05, 3.63) is 0 Å². The van der Waals surface area contributed by atoms with Crippen LogP contribution in [0.1, 0.15) is 19.8 Å². The van der Waals surface area contributed by atoms with Gasteiger partial charge in [0, 0.05) is 38.7 Å². The van der Waals surface area contributed by atoms with E-state index in [2.05, 4.69) is 10.6 Å². The van der Waals surface area contributed by atoms with Gasteiger partial charge in [0.2, 0.25) is 11.8 Å². The first kappa shape index (κ1) is 15.9. The SMILES string of the molecule is CNCC(C)C(=O)N1CCC(NC(=O)COC)CC1. The summed E-state index contributed by atoms with van der Waals surface area (Å²) in [7, 11) is 3.35. The molecule has 0 saturated carbocycles. The topological polar surface area (TPSA) is 70.7 Å². The minimum Gasteiger partial charge on any atom is -0.375 e. The summed E-state index contributed by atoms with van der Waals surface area (Å²) in [5, 5.41) is 5.94. The van der Waals surface area contributed by atoms with Gasteiger partial charge in [-0.25, -0.2) is 0 Å². The maximum absolute atomic E-state index is 12.1. The predicted molar refractivity (Wildman–Crippen MR) is 72.7 cm³/mol. The number of methoxy groups -OCH3 is 1. The molecule has 6 heteroatoms. The van der Waals surface area contributed by atoms with Crippen LogP contribution in [-0.2, 0) is 14.3 Å². The van der Waals surface area contributed by atoms with Gasteiger partial charge in [-0.05, 0) is 19.9 Å². The van der Waals surface area contributed by atoms with Gasteiger partial charge in [-0.2, -0.15) is 0 Å². The fourth-order valence-electron chi connectivity index (χ4n) is 2.35. The molecule has 0 aliphatic carbocycles. The summed E-state index contributed by atoms with van der Waals surface area (Å²) in [6.45, 7) is 4.16. The Bertz CT molecular complexity index is 302. The first-order valence-corrected chi connectivity index (χ1v) is 6.80. The molecule has 1 aliphatic heterocycles. The maximum atomic E-state index is 12.1. The van der Waals surface area contributed by atoms with Crippen LogP contribution in [0.25, 0.3) is 0 Å². The Balaban J connectivity index is 2.32. The van der Waals surface area contributed by atoms with Crippen LogP contribution in [0.5, 0.6) is 0 Å². The third-order valence-electron chi connectivity index (χ3n) is 3.38. The van der Waals surface area contributed by atoms with Crippen molar-refractivity contribution in [1.82, 2.24) is 15.5 Å². The van der Waals surface area contributed by atoms with Crippen molar-refractivity contribution in [2.24, 2.45) is 5.92 Å². The molecule has 1 heterocycles. The van der Waals surface area contributed by atoms with Crippen molar-refractivity contribution in [2.45, 2.75) is 25.8 Å². The van der Waals surface area contributed by atoms with E-state index < -0.39 is 0 Å². The average molecular weight is 271 g/mol. The minimum atomic E-state index is -0.0872. The summed E-state index contributed by atoms with van der Waals surface area (Å²) in [6, 6.07) is 0.159. The highest BCUT2D eigenvalue weighted by molar-refractivity contribution is 5.79. The molecule has 0 radical (unpaired) electrons. The quantitative estimate of drug-likeness (QED) is 0.689. The smallest absolute Gasteiger partial charge is 0.246 e. The first-order valence-electron chi connectivity index (χ1n) is 6.80. The second kappa shape index (κ2) is 8.12. The van der Waals surface area contributed by atoms with E-state index in [-0.39, 0.29) is 30.4 Å². The molecule has 1 rings (SSSR count). The summed E-state index contributed by atoms with van der Waals surface area (Å²) in [5.74, 6) is 0.108. The zero-order chi connectivity index (χ0) is 14.3. The Labute approximate surface area is 114 Å². The summed E-state index contributed by atoms with van der Waals surface area (Å²) >= 11 is 0. The summed E-state index contributed by atoms with van der Waals surface area (Å²) < 4.78 is 4.78. The standard InChI is InChI=1S/C13H25N3O3/c1-10(8-14-2)13(18)16-6-4-11(5-7-16)15-12(17)9-19-3/h10-11,14H,4-9H2,1-3H3,(H,15,17). The number of likely N-dealkylation sites (tertiary alicyclic amines) is 1. The number of ether oxygens (including phenoxy) is 1. The number of piperidine rings is 1. The molecule has 1 atom stereocenters. The highest BCUT2D eigenvalue weighted by Gasteiger charge is 2.26. The number of hydrogen-bond donors (Lipinski definition) is 2. The van der Waals surface area contributed by atoms with Gasteiger partial charge in [-0.1, -0.05) is 6.92 Å². The van der Waals surface area contributed by atoms with Gasteiger partial charge in [0.1, 0.15) is 6.61 Å². The molecular weight excluding hydrogens is 246 g/mol. The molecule has 0 aromatic carbocycles. The van der Waals surface area contributed by atoms with Gasteiger partial charge >= 0.3 is 0 Å². The van der Waals surface area contributed by atoms with E-state index >= 15 is 0 Å². The Morgan fingerprint density at radius 2 is 2.00 bits per heavy atom. The van der Waals surface area contributed by atoms with E-state index in [0.29, 0.717) is 19.6 Å². The summed E-state index contributed by atoms with van der Waals surface area (Å²) in [6.07, 6.45) is 1.63. The van der Waals surface area contributed by atoms with Crippen molar-refractivity contribution < 1.29 is 14.3 Å². The molecule has 6 nitrogen and oxygen atoms in total. The normalized spacial score (nSPS) is 18.2. The van der Waals surface area contributed by atoms with E-state index in [1.807, 2.05) is 18.9 Å². The van der Waals surface area contributed by atoms with Crippen LogP contribution in [0, 0.1) is 5.92 Å². The molecular formula is C13H25N3O3. The van der Waals surface area contributed by atoms with Crippen LogP contribution in [0.4, 0.5) is 0 Å². The zero-order valence-corrected chi connectivity index (χ0v) is 12.1. The van der Waals surface area contributed by atoms with Crippen LogP contribution in [-0.4, -0.2) is 63.2 Å². The number of rotatable bonds is 6. The van der Waals surface area contributed by atoms with E-state index in [1.54, 1.807) is 0 Å². The van der Waals surface area contributed by atoms with Gasteiger partial charge in [0.15, 0.2) is 0 Å². The highest BCUT2D eigenvalue weighted by Crippen LogP contribution is 2.13. The van der Waals surface area contributed by atoms with E-state index in [0.717, 1.165) is 12.8 Å². The molecule has 0 aromatic heterocycles. The highest BCUT2D eigenvalue weighted by atomic mass is 16.5. The minimum absolute atomic E-state index is 0.00429. The average Bonchev–Trinajstić information content (AvgIpc) is 2.39. The lowest BCUT2D eigenvalue weighted by atomic mass is 10.0. The third kappa shape index (κ3) is 5.16. The Kier molecular flexibility index (Phi) is 6.80. The second-order valence-corrected chi connectivity index (χ2v) is 5.06. The monoisotopic (exact) mass is 271 g/mol. The third-order valence-corrected chi connectivity index (χ3v) is 3.38. The van der Waals surface area contributed by atoms with Crippen molar-refractivity contribution in [2.75, 3.05) is 40.4 Å². The molecule has 19 heavy (non-hydrogen) atoms. The van der Waals surface area contributed by atoms with Crippen LogP contribution in [0.2, 0.25) is 0 Å². The number of hydrogen-bond acceptors (Lipinski definition) is 4. The molecule has 1 saturated heterocycles. The van der Waals surface area contributed by atoms with Gasteiger partial charge < -0.3 is 20.3 Å². The predicted octanol–water partition coefficient (Wildman–Crippen LogP) is -0.404. The lowest BCUT2D eigenvalue weighted by molar-refractivity contribution is -0.136. The van der Waals surface area contributed by atoms with Crippen LogP contribution < -0.4 is 10.6 Å². The lowest BCUT2D eigenvalue weighted by Crippen LogP contribution is -2.49. The van der Waals surface area contributed by atoms with Crippen LogP contribution >= 0.6 is 0 Å². The van der Waals surface area contributed by atoms with Gasteiger partial charge in [-0.15, -0.1) is 0 Å². The molecule has 110 valence electrons. The van der Waals surface area contributed by atoms with Gasteiger partial charge in [0.25, 0.3) is 0 Å². The first-order chi connectivity index (χ1) is 9.08. The largest absolute Gasteiger partial charge is 0.375 e. The fourth-order valence-corrected chi connectivity index (χ4v) is 2.35. The fraction of sp³-hybridized carbons (Fsp3) is 0.846. The van der Waals surface area contributed by atoms with Gasteiger partial charge in [0.05, 0.1) is 0 Å². The molecule has 1 aliphatic rings. The Morgan fingerprint density at radius 3 is 2.53 bits per heavy atom. The molecule has 0 spiro atoms. The number of nitrogens with one attached hydrogen (secondary N) is 2. The van der Waals surface area contributed by atoms with Crippen molar-refractivity contribution in [3.8, 4) is 0 Å². The number of carbonyl (C=O) groups is 2. The van der Waals surface area contributed by atoms with Crippen molar-refractivity contribution in [1.29, 1.82) is 0 Å². The van der Waals surface area contributed by atoms with Crippen LogP contribution in [0.15, 0.2) is 0 Å². The summed E-state index contributed by atoms with van der Waals surface area (Å²) in [4.78, 5) is 25.4. The Morgan fingerprint density at radius 1 is 1.37 bits per heavy atom. The molecule has 0 aromatic rings. The zero-order valence-electron chi connectivity index (χ0n) is 12.1. The number of nitrogens with zero attached hydrogens (tertiary/aromatic N) is 1. The lowest BCUT2D eigenvalue weighted by Gasteiger charge is -2.33. The maximum Gasteiger partial charge on any atom is 0.246 e. The van der Waals surface area contributed by atoms with E-state index in [4.69, 9.17) is 4.74 Å². The van der Waals surface area contributed by atoms with Crippen molar-refractivity contribution in [3.63, 3.8) is 0 Å². The Hall–Kier alpha value is -1.14.